The van der Waals surface area contributed by atoms with Crippen LogP contribution in [-0.4, -0.2) is 22.2 Å². The van der Waals surface area contributed by atoms with Crippen molar-refractivity contribution in [3.63, 3.8) is 0 Å². The average molecular weight is 299 g/mol. The van der Waals surface area contributed by atoms with E-state index in [1.54, 1.807) is 17.8 Å². The van der Waals surface area contributed by atoms with Gasteiger partial charge in [0.25, 0.3) is 5.91 Å². The van der Waals surface area contributed by atoms with Crippen LogP contribution >= 0.6 is 0 Å². The Balaban J connectivity index is 1.89. The molecule has 4 heteroatoms. The van der Waals surface area contributed by atoms with Crippen molar-refractivity contribution in [2.45, 2.75) is 39.5 Å². The van der Waals surface area contributed by atoms with E-state index in [0.29, 0.717) is 12.2 Å². The third kappa shape index (κ3) is 3.97. The highest BCUT2D eigenvalue weighted by atomic mass is 16.2. The molecule has 0 saturated heterocycles. The normalized spacial score (nSPS) is 11.5. The number of amides is 1. The van der Waals surface area contributed by atoms with Crippen molar-refractivity contribution >= 4 is 5.91 Å². The smallest absolute Gasteiger partial charge is 0.269 e. The Morgan fingerprint density at radius 2 is 1.86 bits per heavy atom. The molecule has 0 aliphatic carbocycles. The van der Waals surface area contributed by atoms with Gasteiger partial charge < -0.3 is 5.32 Å². The Hall–Kier alpha value is -2.10. The van der Waals surface area contributed by atoms with Gasteiger partial charge in [-0.05, 0) is 36.0 Å². The van der Waals surface area contributed by atoms with Crippen molar-refractivity contribution < 1.29 is 4.79 Å². The maximum Gasteiger partial charge on any atom is 0.269 e. The molecule has 0 bridgehead atoms. The van der Waals surface area contributed by atoms with E-state index in [1.807, 2.05) is 6.92 Å². The lowest BCUT2D eigenvalue weighted by molar-refractivity contribution is 0.0944. The van der Waals surface area contributed by atoms with Crippen LogP contribution < -0.4 is 5.32 Å². The number of aromatic nitrogens is 2. The Kier molecular flexibility index (Phi) is 4.69. The minimum atomic E-state index is -0.0746. The van der Waals surface area contributed by atoms with Crippen LogP contribution in [0, 0.1) is 6.92 Å². The van der Waals surface area contributed by atoms with Gasteiger partial charge >= 0.3 is 0 Å². The van der Waals surface area contributed by atoms with Gasteiger partial charge in [-0.2, -0.15) is 5.10 Å². The molecule has 1 heterocycles. The molecular formula is C18H25N3O. The van der Waals surface area contributed by atoms with Crippen molar-refractivity contribution in [1.82, 2.24) is 15.1 Å². The zero-order chi connectivity index (χ0) is 16.3. The summed E-state index contributed by atoms with van der Waals surface area (Å²) in [5.74, 6) is -0.0746. The van der Waals surface area contributed by atoms with E-state index in [0.717, 1.165) is 12.1 Å². The van der Waals surface area contributed by atoms with E-state index in [1.165, 1.54) is 11.1 Å². The first kappa shape index (κ1) is 16.3. The van der Waals surface area contributed by atoms with Gasteiger partial charge in [0.05, 0.1) is 5.69 Å². The van der Waals surface area contributed by atoms with Gasteiger partial charge in [0.1, 0.15) is 5.69 Å². The van der Waals surface area contributed by atoms with Crippen molar-refractivity contribution in [2.75, 3.05) is 6.54 Å². The summed E-state index contributed by atoms with van der Waals surface area (Å²) in [7, 11) is 1.78. The molecule has 1 amide bonds. The molecule has 0 saturated carbocycles. The number of hydrogen-bond donors (Lipinski definition) is 1. The molecule has 0 spiro atoms. The summed E-state index contributed by atoms with van der Waals surface area (Å²) < 4.78 is 1.61. The topological polar surface area (TPSA) is 46.9 Å². The zero-order valence-electron chi connectivity index (χ0n) is 14.1. The van der Waals surface area contributed by atoms with E-state index in [9.17, 15) is 4.79 Å². The molecule has 22 heavy (non-hydrogen) atoms. The van der Waals surface area contributed by atoms with Crippen molar-refractivity contribution in [3.05, 3.63) is 52.8 Å². The second kappa shape index (κ2) is 6.34. The molecule has 0 atom stereocenters. The van der Waals surface area contributed by atoms with Crippen LogP contribution in [0.4, 0.5) is 0 Å². The molecule has 2 rings (SSSR count). The number of aryl methyl sites for hydroxylation is 2. The van der Waals surface area contributed by atoms with Gasteiger partial charge in [0.2, 0.25) is 0 Å². The minimum Gasteiger partial charge on any atom is -0.350 e. The number of rotatable bonds is 4. The Bertz CT molecular complexity index is 648. The van der Waals surface area contributed by atoms with Gasteiger partial charge in [-0.1, -0.05) is 45.0 Å². The molecule has 0 aliphatic heterocycles. The quantitative estimate of drug-likeness (QED) is 0.943. The summed E-state index contributed by atoms with van der Waals surface area (Å²) >= 11 is 0. The molecule has 1 N–H and O–H groups in total. The summed E-state index contributed by atoms with van der Waals surface area (Å²) in [6.45, 7) is 9.12. The van der Waals surface area contributed by atoms with Crippen molar-refractivity contribution in [3.8, 4) is 0 Å². The Labute approximate surface area is 132 Å². The first-order valence-corrected chi connectivity index (χ1v) is 7.65. The van der Waals surface area contributed by atoms with Gasteiger partial charge in [0.15, 0.2) is 0 Å². The zero-order valence-corrected chi connectivity index (χ0v) is 14.1. The standard InChI is InChI=1S/C18H25N3O/c1-13-12-16(21(5)20-13)17(22)19-11-10-14-6-8-15(9-7-14)18(2,3)4/h6-9,12H,10-11H2,1-5H3,(H,19,22). The molecule has 4 nitrogen and oxygen atoms in total. The predicted octanol–water partition coefficient (Wildman–Crippen LogP) is 3.00. The molecule has 118 valence electrons. The van der Waals surface area contributed by atoms with Crippen LogP contribution in [0.1, 0.15) is 48.1 Å². The average Bonchev–Trinajstić information content (AvgIpc) is 2.77. The largest absolute Gasteiger partial charge is 0.350 e. The van der Waals surface area contributed by atoms with E-state index in [4.69, 9.17) is 0 Å². The monoisotopic (exact) mass is 299 g/mol. The van der Waals surface area contributed by atoms with E-state index in [2.05, 4.69) is 55.5 Å². The SMILES string of the molecule is Cc1cc(C(=O)NCCc2ccc(C(C)(C)C)cc2)n(C)n1. The first-order valence-electron chi connectivity index (χ1n) is 7.65. The lowest BCUT2D eigenvalue weighted by Crippen LogP contribution is -2.27. The highest BCUT2D eigenvalue weighted by Gasteiger charge is 2.13. The lowest BCUT2D eigenvalue weighted by Gasteiger charge is -2.19. The fourth-order valence-corrected chi connectivity index (χ4v) is 2.41. The van der Waals surface area contributed by atoms with Crippen LogP contribution in [0.5, 0.6) is 0 Å². The van der Waals surface area contributed by atoms with Gasteiger partial charge in [-0.3, -0.25) is 9.48 Å². The maximum atomic E-state index is 12.1. The van der Waals surface area contributed by atoms with Gasteiger partial charge in [-0.15, -0.1) is 0 Å². The molecule has 2 aromatic rings. The molecule has 0 aliphatic rings. The highest BCUT2D eigenvalue weighted by Crippen LogP contribution is 2.22. The summed E-state index contributed by atoms with van der Waals surface area (Å²) in [6.07, 6.45) is 0.826. The van der Waals surface area contributed by atoms with Gasteiger partial charge in [0, 0.05) is 13.6 Å². The lowest BCUT2D eigenvalue weighted by atomic mass is 9.86. The van der Waals surface area contributed by atoms with E-state index < -0.39 is 0 Å². The fourth-order valence-electron chi connectivity index (χ4n) is 2.41. The minimum absolute atomic E-state index is 0.0746. The van der Waals surface area contributed by atoms with Gasteiger partial charge in [-0.25, -0.2) is 0 Å². The Morgan fingerprint density at radius 1 is 1.23 bits per heavy atom. The van der Waals surface area contributed by atoms with Crippen LogP contribution in [0.25, 0.3) is 0 Å². The number of carbonyl (C=O) groups excluding carboxylic acids is 1. The number of nitrogens with one attached hydrogen (secondary N) is 1. The number of carbonyl (C=O) groups is 1. The summed E-state index contributed by atoms with van der Waals surface area (Å²) in [5.41, 5.74) is 4.18. The number of benzene rings is 1. The first-order chi connectivity index (χ1) is 10.3. The van der Waals surface area contributed by atoms with Crippen molar-refractivity contribution in [2.24, 2.45) is 7.05 Å². The second-order valence-corrected chi connectivity index (χ2v) is 6.75. The summed E-state index contributed by atoms with van der Waals surface area (Å²) in [6, 6.07) is 10.4. The number of hydrogen-bond acceptors (Lipinski definition) is 2. The van der Waals surface area contributed by atoms with Crippen LogP contribution in [0.15, 0.2) is 30.3 Å². The molecule has 0 unspecified atom stereocenters. The molecule has 0 fully saturated rings. The fraction of sp³-hybridized carbons (Fsp3) is 0.444. The summed E-state index contributed by atoms with van der Waals surface area (Å²) in [4.78, 5) is 12.1. The van der Waals surface area contributed by atoms with Crippen LogP contribution in [0.3, 0.4) is 0 Å². The molecular weight excluding hydrogens is 274 g/mol. The van der Waals surface area contributed by atoms with Crippen LogP contribution in [-0.2, 0) is 18.9 Å². The van der Waals surface area contributed by atoms with Crippen LogP contribution in [0.2, 0.25) is 0 Å². The van der Waals surface area contributed by atoms with E-state index >= 15 is 0 Å². The highest BCUT2D eigenvalue weighted by molar-refractivity contribution is 5.92. The molecule has 1 aromatic heterocycles. The molecule has 0 radical (unpaired) electrons. The maximum absolute atomic E-state index is 12.1. The third-order valence-corrected chi connectivity index (χ3v) is 3.75. The summed E-state index contributed by atoms with van der Waals surface area (Å²) in [5, 5.41) is 7.13. The van der Waals surface area contributed by atoms with E-state index in [-0.39, 0.29) is 11.3 Å². The third-order valence-electron chi connectivity index (χ3n) is 3.75. The molecule has 1 aromatic carbocycles. The second-order valence-electron chi connectivity index (χ2n) is 6.75. The number of nitrogens with zero attached hydrogens (tertiary/aromatic N) is 2. The predicted molar refractivity (Wildman–Crippen MR) is 89.1 cm³/mol. The Morgan fingerprint density at radius 3 is 2.36 bits per heavy atom. The van der Waals surface area contributed by atoms with Crippen molar-refractivity contribution in [1.29, 1.82) is 0 Å².